The van der Waals surface area contributed by atoms with E-state index in [-0.39, 0.29) is 11.9 Å². The van der Waals surface area contributed by atoms with Gasteiger partial charge < -0.3 is 10.6 Å². The zero-order valence-electron chi connectivity index (χ0n) is 11.7. The Balaban J connectivity index is 1.67. The Labute approximate surface area is 115 Å². The van der Waals surface area contributed by atoms with Gasteiger partial charge in [-0.3, -0.25) is 4.79 Å². The lowest BCUT2D eigenvalue weighted by Crippen LogP contribution is -2.38. The topological polar surface area (TPSA) is 41.1 Å². The predicted octanol–water partition coefficient (Wildman–Crippen LogP) is 3.18. The van der Waals surface area contributed by atoms with Gasteiger partial charge in [0, 0.05) is 5.69 Å². The smallest absolute Gasteiger partial charge is 0.241 e. The summed E-state index contributed by atoms with van der Waals surface area (Å²) in [6.45, 7) is 2.86. The molecule has 0 radical (unpaired) electrons. The number of hydrogen-bond donors (Lipinski definition) is 2. The molecule has 0 heterocycles. The van der Waals surface area contributed by atoms with Crippen molar-refractivity contribution in [3.63, 3.8) is 0 Å². The third-order valence-corrected chi connectivity index (χ3v) is 3.91. The van der Waals surface area contributed by atoms with Crippen LogP contribution in [0.15, 0.2) is 30.3 Å². The molecule has 1 unspecified atom stereocenters. The van der Waals surface area contributed by atoms with Crippen molar-refractivity contribution in [2.45, 2.75) is 45.1 Å². The van der Waals surface area contributed by atoms with Crippen LogP contribution in [-0.4, -0.2) is 18.5 Å². The van der Waals surface area contributed by atoms with Crippen LogP contribution in [0.3, 0.4) is 0 Å². The highest BCUT2D eigenvalue weighted by atomic mass is 16.2. The molecule has 19 heavy (non-hydrogen) atoms. The summed E-state index contributed by atoms with van der Waals surface area (Å²) in [6.07, 6.45) is 6.70. The summed E-state index contributed by atoms with van der Waals surface area (Å²) in [5, 5.41) is 6.24. The normalized spacial score (nSPS) is 17.3. The third kappa shape index (κ3) is 4.67. The Kier molecular flexibility index (Phi) is 5.40. The molecule has 0 bridgehead atoms. The first-order valence-electron chi connectivity index (χ1n) is 7.35. The maximum atomic E-state index is 12.0. The van der Waals surface area contributed by atoms with E-state index < -0.39 is 0 Å². The molecular weight excluding hydrogens is 236 g/mol. The fourth-order valence-corrected chi connectivity index (χ4v) is 2.67. The molecule has 1 atom stereocenters. The number of rotatable bonds is 6. The Hall–Kier alpha value is -1.35. The predicted molar refractivity (Wildman–Crippen MR) is 79.1 cm³/mol. The number of carbonyl (C=O) groups is 1. The van der Waals surface area contributed by atoms with Crippen LogP contribution in [0.4, 0.5) is 5.69 Å². The van der Waals surface area contributed by atoms with E-state index in [1.165, 1.54) is 32.1 Å². The van der Waals surface area contributed by atoms with Crippen molar-refractivity contribution < 1.29 is 4.79 Å². The fourth-order valence-electron chi connectivity index (χ4n) is 2.67. The van der Waals surface area contributed by atoms with Gasteiger partial charge in [-0.25, -0.2) is 0 Å². The number of benzene rings is 1. The van der Waals surface area contributed by atoms with Gasteiger partial charge in [0.15, 0.2) is 0 Å². The highest BCUT2D eigenvalue weighted by Gasteiger charge is 2.16. The van der Waals surface area contributed by atoms with Gasteiger partial charge in [0.05, 0.1) is 6.04 Å². The monoisotopic (exact) mass is 260 g/mol. The van der Waals surface area contributed by atoms with Crippen molar-refractivity contribution in [1.82, 2.24) is 5.32 Å². The zero-order valence-corrected chi connectivity index (χ0v) is 11.7. The first kappa shape index (κ1) is 14.1. The zero-order chi connectivity index (χ0) is 13.5. The Morgan fingerprint density at radius 2 is 1.95 bits per heavy atom. The van der Waals surface area contributed by atoms with Gasteiger partial charge in [-0.15, -0.1) is 0 Å². The standard InChI is InChI=1S/C16H24N2O/c1-13(17-12-11-14-7-5-6-8-14)16(19)18-15-9-3-2-4-10-15/h2-4,9-10,13-14,17H,5-8,11-12H2,1H3,(H,18,19). The van der Waals surface area contributed by atoms with Crippen LogP contribution in [0.5, 0.6) is 0 Å². The van der Waals surface area contributed by atoms with Crippen molar-refractivity contribution in [1.29, 1.82) is 0 Å². The van der Waals surface area contributed by atoms with Crippen LogP contribution in [0.25, 0.3) is 0 Å². The summed E-state index contributed by atoms with van der Waals surface area (Å²) in [6, 6.07) is 9.47. The van der Waals surface area contributed by atoms with Gasteiger partial charge in [-0.05, 0) is 37.9 Å². The highest BCUT2D eigenvalue weighted by Crippen LogP contribution is 2.26. The molecule has 1 aromatic rings. The van der Waals surface area contributed by atoms with Gasteiger partial charge >= 0.3 is 0 Å². The highest BCUT2D eigenvalue weighted by molar-refractivity contribution is 5.94. The summed E-state index contributed by atoms with van der Waals surface area (Å²) < 4.78 is 0. The van der Waals surface area contributed by atoms with Crippen molar-refractivity contribution in [3.8, 4) is 0 Å². The molecule has 2 N–H and O–H groups in total. The van der Waals surface area contributed by atoms with Gasteiger partial charge in [-0.2, -0.15) is 0 Å². The minimum atomic E-state index is -0.137. The fraction of sp³-hybridized carbons (Fsp3) is 0.562. The van der Waals surface area contributed by atoms with Crippen molar-refractivity contribution in [3.05, 3.63) is 30.3 Å². The molecular formula is C16H24N2O. The van der Waals surface area contributed by atoms with E-state index >= 15 is 0 Å². The van der Waals surface area contributed by atoms with E-state index in [1.807, 2.05) is 37.3 Å². The van der Waals surface area contributed by atoms with E-state index in [1.54, 1.807) is 0 Å². The summed E-state index contributed by atoms with van der Waals surface area (Å²) in [5.41, 5.74) is 0.858. The molecule has 0 spiro atoms. The molecule has 0 aromatic heterocycles. The molecule has 104 valence electrons. The second-order valence-electron chi connectivity index (χ2n) is 5.47. The minimum Gasteiger partial charge on any atom is -0.325 e. The summed E-state index contributed by atoms with van der Waals surface area (Å²) in [7, 11) is 0. The Bertz CT molecular complexity index is 385. The second kappa shape index (κ2) is 7.29. The number of nitrogens with one attached hydrogen (secondary N) is 2. The maximum absolute atomic E-state index is 12.0. The van der Waals surface area contributed by atoms with Crippen LogP contribution in [-0.2, 0) is 4.79 Å². The number of anilines is 1. The van der Waals surface area contributed by atoms with Gasteiger partial charge in [0.1, 0.15) is 0 Å². The summed E-state index contributed by atoms with van der Waals surface area (Å²) in [5.74, 6) is 0.912. The SMILES string of the molecule is CC(NCCC1CCCC1)C(=O)Nc1ccccc1. The molecule has 2 rings (SSSR count). The summed E-state index contributed by atoms with van der Waals surface area (Å²) in [4.78, 5) is 12.0. The van der Waals surface area contributed by atoms with E-state index in [9.17, 15) is 4.79 Å². The Morgan fingerprint density at radius 3 is 2.63 bits per heavy atom. The summed E-state index contributed by atoms with van der Waals surface area (Å²) >= 11 is 0. The van der Waals surface area contributed by atoms with Gasteiger partial charge in [-0.1, -0.05) is 43.9 Å². The minimum absolute atomic E-state index is 0.0395. The molecule has 1 saturated carbocycles. The molecule has 1 aromatic carbocycles. The average Bonchev–Trinajstić information content (AvgIpc) is 2.93. The molecule has 1 aliphatic carbocycles. The van der Waals surface area contributed by atoms with Crippen molar-refractivity contribution in [2.24, 2.45) is 5.92 Å². The lowest BCUT2D eigenvalue weighted by atomic mass is 10.0. The largest absolute Gasteiger partial charge is 0.325 e. The molecule has 0 aliphatic heterocycles. The number of carbonyl (C=O) groups excluding carboxylic acids is 1. The molecule has 3 heteroatoms. The first-order chi connectivity index (χ1) is 9.25. The number of hydrogen-bond acceptors (Lipinski definition) is 2. The van der Waals surface area contributed by atoms with Crippen LogP contribution in [0.1, 0.15) is 39.0 Å². The molecule has 1 amide bonds. The number of para-hydroxylation sites is 1. The van der Waals surface area contributed by atoms with E-state index in [2.05, 4.69) is 10.6 Å². The van der Waals surface area contributed by atoms with E-state index in [0.29, 0.717) is 0 Å². The average molecular weight is 260 g/mol. The van der Waals surface area contributed by atoms with Gasteiger partial charge in [0.2, 0.25) is 5.91 Å². The lowest BCUT2D eigenvalue weighted by molar-refractivity contribution is -0.117. The third-order valence-electron chi connectivity index (χ3n) is 3.91. The molecule has 1 fully saturated rings. The Morgan fingerprint density at radius 1 is 1.26 bits per heavy atom. The van der Waals surface area contributed by atoms with Gasteiger partial charge in [0.25, 0.3) is 0 Å². The lowest BCUT2D eigenvalue weighted by Gasteiger charge is -2.15. The number of amides is 1. The maximum Gasteiger partial charge on any atom is 0.241 e. The van der Waals surface area contributed by atoms with E-state index in [4.69, 9.17) is 0 Å². The van der Waals surface area contributed by atoms with Crippen LogP contribution in [0.2, 0.25) is 0 Å². The van der Waals surface area contributed by atoms with Crippen molar-refractivity contribution in [2.75, 3.05) is 11.9 Å². The van der Waals surface area contributed by atoms with E-state index in [0.717, 1.165) is 18.2 Å². The molecule has 1 aliphatic rings. The molecule has 0 saturated heterocycles. The van der Waals surface area contributed by atoms with Crippen LogP contribution in [0, 0.1) is 5.92 Å². The molecule has 3 nitrogen and oxygen atoms in total. The quantitative estimate of drug-likeness (QED) is 0.824. The van der Waals surface area contributed by atoms with Crippen molar-refractivity contribution >= 4 is 11.6 Å². The first-order valence-corrected chi connectivity index (χ1v) is 7.35. The second-order valence-corrected chi connectivity index (χ2v) is 5.47. The van der Waals surface area contributed by atoms with Crippen LogP contribution < -0.4 is 10.6 Å². The van der Waals surface area contributed by atoms with Crippen LogP contribution >= 0.6 is 0 Å².